The van der Waals surface area contributed by atoms with E-state index in [1.165, 1.54) is 25.0 Å². The number of hydrogen-bond donors (Lipinski definition) is 1. The number of Topliss-reactive ketones (excluding diaryl/α,β-unsaturated/α-hetero) is 1. The van der Waals surface area contributed by atoms with E-state index in [4.69, 9.17) is 0 Å². The summed E-state index contributed by atoms with van der Waals surface area (Å²) in [6.07, 6.45) is 2.76. The minimum Gasteiger partial charge on any atom is -0.302 e. The fourth-order valence-electron chi connectivity index (χ4n) is 2.18. The van der Waals surface area contributed by atoms with Gasteiger partial charge in [0, 0.05) is 31.1 Å². The third kappa shape index (κ3) is 4.36. The van der Waals surface area contributed by atoms with Gasteiger partial charge in [0.05, 0.1) is 4.90 Å². The molecule has 2 rings (SSSR count). The first-order valence-electron chi connectivity index (χ1n) is 7.27. The van der Waals surface area contributed by atoms with Crippen molar-refractivity contribution in [2.24, 2.45) is 0 Å². The van der Waals surface area contributed by atoms with E-state index < -0.39 is 10.0 Å². The van der Waals surface area contributed by atoms with Crippen molar-refractivity contribution in [1.82, 2.24) is 9.62 Å². The molecule has 1 aromatic rings. The quantitative estimate of drug-likeness (QED) is 0.742. The zero-order valence-corrected chi connectivity index (χ0v) is 13.3. The maximum absolute atomic E-state index is 12.2. The molecule has 0 radical (unpaired) electrons. The van der Waals surface area contributed by atoms with E-state index in [1.54, 1.807) is 19.1 Å². The largest absolute Gasteiger partial charge is 0.302 e. The average molecular weight is 310 g/mol. The molecule has 0 bridgehead atoms. The van der Waals surface area contributed by atoms with Crippen molar-refractivity contribution < 1.29 is 13.2 Å². The molecule has 6 heteroatoms. The molecule has 1 aliphatic rings. The van der Waals surface area contributed by atoms with E-state index in [-0.39, 0.29) is 10.7 Å². The molecule has 21 heavy (non-hydrogen) atoms. The molecule has 0 spiro atoms. The predicted octanol–water partition coefficient (Wildman–Crippen LogP) is 1.65. The van der Waals surface area contributed by atoms with Gasteiger partial charge >= 0.3 is 0 Å². The Morgan fingerprint density at radius 1 is 1.38 bits per heavy atom. The summed E-state index contributed by atoms with van der Waals surface area (Å²) in [7, 11) is -1.55. The smallest absolute Gasteiger partial charge is 0.240 e. The summed E-state index contributed by atoms with van der Waals surface area (Å²) < 4.78 is 27.0. The Morgan fingerprint density at radius 3 is 2.71 bits per heavy atom. The van der Waals surface area contributed by atoms with Gasteiger partial charge in [0.25, 0.3) is 0 Å². The molecule has 5 nitrogen and oxygen atoms in total. The van der Waals surface area contributed by atoms with Gasteiger partial charge in [0.15, 0.2) is 5.78 Å². The first-order chi connectivity index (χ1) is 9.94. The van der Waals surface area contributed by atoms with Gasteiger partial charge in [0.1, 0.15) is 0 Å². The molecule has 116 valence electrons. The van der Waals surface area contributed by atoms with Crippen LogP contribution in [-0.4, -0.2) is 45.3 Å². The summed E-state index contributed by atoms with van der Waals surface area (Å²) in [5.74, 6) is -0.0551. The molecule has 0 aliphatic heterocycles. The van der Waals surface area contributed by atoms with Crippen molar-refractivity contribution in [3.8, 4) is 0 Å². The van der Waals surface area contributed by atoms with Crippen molar-refractivity contribution in [1.29, 1.82) is 0 Å². The second kappa shape index (κ2) is 6.68. The molecule has 0 aromatic heterocycles. The minimum atomic E-state index is -3.55. The zero-order valence-electron chi connectivity index (χ0n) is 12.5. The lowest BCUT2D eigenvalue weighted by Crippen LogP contribution is -2.34. The summed E-state index contributed by atoms with van der Waals surface area (Å²) in [6, 6.07) is 6.82. The SMILES string of the molecule is CCC(=O)c1cccc(S(=O)(=O)NCCN(C)C2CC2)c1. The number of carbonyl (C=O) groups is 1. The number of rotatable bonds is 8. The maximum atomic E-state index is 12.2. The highest BCUT2D eigenvalue weighted by Gasteiger charge is 2.26. The Hall–Kier alpha value is -1.24. The molecule has 1 saturated carbocycles. The summed E-state index contributed by atoms with van der Waals surface area (Å²) in [5.41, 5.74) is 0.440. The van der Waals surface area contributed by atoms with Crippen LogP contribution in [0.5, 0.6) is 0 Å². The molecule has 0 atom stereocenters. The molecular formula is C15H22N2O3S. The van der Waals surface area contributed by atoms with Gasteiger partial charge in [-0.15, -0.1) is 0 Å². The second-order valence-corrected chi connectivity index (χ2v) is 7.18. The fraction of sp³-hybridized carbons (Fsp3) is 0.533. The number of carbonyl (C=O) groups excluding carboxylic acids is 1. The number of hydrogen-bond acceptors (Lipinski definition) is 4. The van der Waals surface area contributed by atoms with Crippen LogP contribution >= 0.6 is 0 Å². The molecular weight excluding hydrogens is 288 g/mol. The Morgan fingerprint density at radius 2 is 2.10 bits per heavy atom. The van der Waals surface area contributed by atoms with Crippen LogP contribution in [0.1, 0.15) is 36.5 Å². The van der Waals surface area contributed by atoms with Crippen molar-refractivity contribution >= 4 is 15.8 Å². The third-order valence-corrected chi connectivity index (χ3v) is 5.17. The third-order valence-electron chi connectivity index (χ3n) is 3.71. The highest BCUT2D eigenvalue weighted by Crippen LogP contribution is 2.24. The molecule has 1 fully saturated rings. The number of benzene rings is 1. The predicted molar refractivity (Wildman–Crippen MR) is 81.9 cm³/mol. The maximum Gasteiger partial charge on any atom is 0.240 e. The van der Waals surface area contributed by atoms with Crippen LogP contribution < -0.4 is 4.72 Å². The lowest BCUT2D eigenvalue weighted by atomic mass is 10.1. The lowest BCUT2D eigenvalue weighted by molar-refractivity contribution is 0.0988. The number of sulfonamides is 1. The Labute approximate surface area is 126 Å². The van der Waals surface area contributed by atoms with E-state index >= 15 is 0 Å². The summed E-state index contributed by atoms with van der Waals surface area (Å²) in [4.78, 5) is 14.0. The van der Waals surface area contributed by atoms with Crippen molar-refractivity contribution in [3.63, 3.8) is 0 Å². The number of likely N-dealkylation sites (N-methyl/N-ethyl adjacent to an activating group) is 1. The molecule has 1 aromatic carbocycles. The summed E-state index contributed by atoms with van der Waals surface area (Å²) in [5, 5.41) is 0. The molecule has 0 heterocycles. The van der Waals surface area contributed by atoms with Gasteiger partial charge in [0.2, 0.25) is 10.0 Å². The van der Waals surface area contributed by atoms with Crippen LogP contribution in [0.15, 0.2) is 29.2 Å². The van der Waals surface area contributed by atoms with Crippen LogP contribution in [0.25, 0.3) is 0 Å². The molecule has 0 unspecified atom stereocenters. The monoisotopic (exact) mass is 310 g/mol. The van der Waals surface area contributed by atoms with Gasteiger partial charge in [-0.25, -0.2) is 13.1 Å². The van der Waals surface area contributed by atoms with E-state index in [1.807, 2.05) is 7.05 Å². The van der Waals surface area contributed by atoms with Crippen LogP contribution in [0.3, 0.4) is 0 Å². The minimum absolute atomic E-state index is 0.0551. The molecule has 1 N–H and O–H groups in total. The van der Waals surface area contributed by atoms with Crippen LogP contribution in [0.4, 0.5) is 0 Å². The highest BCUT2D eigenvalue weighted by atomic mass is 32.2. The highest BCUT2D eigenvalue weighted by molar-refractivity contribution is 7.89. The van der Waals surface area contributed by atoms with E-state index in [2.05, 4.69) is 9.62 Å². The van der Waals surface area contributed by atoms with Crippen molar-refractivity contribution in [2.75, 3.05) is 20.1 Å². The van der Waals surface area contributed by atoms with Gasteiger partial charge < -0.3 is 4.90 Å². The van der Waals surface area contributed by atoms with Gasteiger partial charge in [-0.1, -0.05) is 19.1 Å². The van der Waals surface area contributed by atoms with Crippen LogP contribution in [0, 0.1) is 0 Å². The molecule has 0 saturated heterocycles. The second-order valence-electron chi connectivity index (χ2n) is 5.41. The Kier molecular flexibility index (Phi) is 5.13. The fourth-order valence-corrected chi connectivity index (χ4v) is 3.24. The first-order valence-corrected chi connectivity index (χ1v) is 8.75. The van der Waals surface area contributed by atoms with Gasteiger partial charge in [-0.05, 0) is 32.0 Å². The molecule has 1 aliphatic carbocycles. The van der Waals surface area contributed by atoms with Crippen molar-refractivity contribution in [2.45, 2.75) is 37.1 Å². The lowest BCUT2D eigenvalue weighted by Gasteiger charge is -2.16. The van der Waals surface area contributed by atoms with Crippen LogP contribution in [-0.2, 0) is 10.0 Å². The topological polar surface area (TPSA) is 66.5 Å². The Bertz CT molecular complexity index is 609. The average Bonchev–Trinajstić information content (AvgIpc) is 3.31. The van der Waals surface area contributed by atoms with Crippen molar-refractivity contribution in [3.05, 3.63) is 29.8 Å². The Balaban J connectivity index is 1.99. The first kappa shape index (κ1) is 16.1. The number of nitrogens with zero attached hydrogens (tertiary/aromatic N) is 1. The van der Waals surface area contributed by atoms with Crippen LogP contribution in [0.2, 0.25) is 0 Å². The zero-order chi connectivity index (χ0) is 15.5. The van der Waals surface area contributed by atoms with Gasteiger partial charge in [-0.3, -0.25) is 4.79 Å². The summed E-state index contributed by atoms with van der Waals surface area (Å²) in [6.45, 7) is 2.83. The van der Waals surface area contributed by atoms with Gasteiger partial charge in [-0.2, -0.15) is 0 Å². The standard InChI is InChI=1S/C15H22N2O3S/c1-3-15(18)12-5-4-6-14(11-12)21(19,20)16-9-10-17(2)13-7-8-13/h4-6,11,13,16H,3,7-10H2,1-2H3. The summed E-state index contributed by atoms with van der Waals surface area (Å²) >= 11 is 0. The van der Waals surface area contributed by atoms with E-state index in [9.17, 15) is 13.2 Å². The number of nitrogens with one attached hydrogen (secondary N) is 1. The van der Waals surface area contributed by atoms with E-state index in [0.717, 1.165) is 0 Å². The normalized spacial score (nSPS) is 15.4. The molecule has 0 amide bonds. The van der Waals surface area contributed by atoms with E-state index in [0.29, 0.717) is 31.1 Å². The number of ketones is 1.